The Labute approximate surface area is 163 Å². The summed E-state index contributed by atoms with van der Waals surface area (Å²) in [4.78, 5) is 0.242. The summed E-state index contributed by atoms with van der Waals surface area (Å²) >= 11 is 11.9. The van der Waals surface area contributed by atoms with E-state index in [-0.39, 0.29) is 11.4 Å². The molecule has 134 valence electrons. The zero-order valence-corrected chi connectivity index (χ0v) is 16.2. The maximum atomic E-state index is 12.4. The van der Waals surface area contributed by atoms with E-state index in [2.05, 4.69) is 4.72 Å². The van der Waals surface area contributed by atoms with Crippen LogP contribution in [0, 0.1) is 0 Å². The van der Waals surface area contributed by atoms with Gasteiger partial charge in [-0.1, -0.05) is 71.7 Å². The number of sulfonamides is 1. The van der Waals surface area contributed by atoms with Crippen LogP contribution in [0.25, 0.3) is 11.1 Å². The largest absolute Gasteiger partial charge is 0.240 e. The second kappa shape index (κ2) is 8.23. The first-order valence-electron chi connectivity index (χ1n) is 8.05. The molecule has 0 spiro atoms. The lowest BCUT2D eigenvalue weighted by atomic mass is 10.1. The van der Waals surface area contributed by atoms with Crippen molar-refractivity contribution in [3.8, 4) is 11.1 Å². The lowest BCUT2D eigenvalue weighted by Crippen LogP contribution is -2.25. The van der Waals surface area contributed by atoms with E-state index in [1.54, 1.807) is 24.3 Å². The van der Waals surface area contributed by atoms with E-state index in [9.17, 15) is 8.42 Å². The smallest absolute Gasteiger partial charge is 0.211 e. The minimum atomic E-state index is -3.56. The van der Waals surface area contributed by atoms with Crippen molar-refractivity contribution in [1.29, 1.82) is 0 Å². The Morgan fingerprint density at radius 2 is 1.42 bits per heavy atom. The summed E-state index contributed by atoms with van der Waals surface area (Å²) in [6.07, 6.45) is 0.526. The molecule has 0 aliphatic rings. The van der Waals surface area contributed by atoms with Gasteiger partial charge in [0.2, 0.25) is 10.0 Å². The average molecular weight is 406 g/mol. The van der Waals surface area contributed by atoms with E-state index < -0.39 is 10.0 Å². The predicted molar refractivity (Wildman–Crippen MR) is 107 cm³/mol. The van der Waals surface area contributed by atoms with E-state index in [4.69, 9.17) is 23.2 Å². The topological polar surface area (TPSA) is 46.2 Å². The van der Waals surface area contributed by atoms with E-state index in [1.807, 2.05) is 48.5 Å². The van der Waals surface area contributed by atoms with Gasteiger partial charge in [0.1, 0.15) is 0 Å². The summed E-state index contributed by atoms with van der Waals surface area (Å²) in [5, 5.41) is 0.943. The Morgan fingerprint density at radius 1 is 0.769 bits per heavy atom. The zero-order chi connectivity index (χ0) is 18.6. The van der Waals surface area contributed by atoms with Gasteiger partial charge in [0.15, 0.2) is 0 Å². The van der Waals surface area contributed by atoms with Crippen LogP contribution in [-0.4, -0.2) is 15.0 Å². The molecular weight excluding hydrogens is 389 g/mol. The number of halogens is 2. The molecule has 0 atom stereocenters. The Morgan fingerprint density at radius 3 is 2.08 bits per heavy atom. The van der Waals surface area contributed by atoms with Crippen LogP contribution in [0.2, 0.25) is 10.0 Å². The lowest BCUT2D eigenvalue weighted by molar-refractivity contribution is 0.581. The van der Waals surface area contributed by atoms with Crippen molar-refractivity contribution in [3.63, 3.8) is 0 Å². The molecule has 0 saturated carbocycles. The molecule has 0 saturated heterocycles. The number of hydrogen-bond acceptors (Lipinski definition) is 2. The Balaban J connectivity index is 1.65. The quantitative estimate of drug-likeness (QED) is 0.613. The molecular formula is C20H17Cl2NO2S. The molecule has 3 nitrogen and oxygen atoms in total. The third-order valence-corrected chi connectivity index (χ3v) is 6.18. The molecule has 0 heterocycles. The van der Waals surface area contributed by atoms with Gasteiger partial charge in [0.05, 0.1) is 14.9 Å². The van der Waals surface area contributed by atoms with Gasteiger partial charge in [0, 0.05) is 6.54 Å². The van der Waals surface area contributed by atoms with Gasteiger partial charge in [-0.2, -0.15) is 0 Å². The van der Waals surface area contributed by atoms with E-state index >= 15 is 0 Å². The first kappa shape index (κ1) is 18.9. The second-order valence-corrected chi connectivity index (χ2v) is 8.37. The van der Waals surface area contributed by atoms with Gasteiger partial charge < -0.3 is 0 Å². The summed E-state index contributed by atoms with van der Waals surface area (Å²) in [7, 11) is -3.56. The molecule has 0 aliphatic carbocycles. The van der Waals surface area contributed by atoms with Crippen molar-refractivity contribution in [2.75, 3.05) is 6.54 Å². The molecule has 0 fully saturated rings. The number of nitrogens with one attached hydrogen (secondary N) is 1. The fourth-order valence-corrected chi connectivity index (χ4v) is 3.92. The molecule has 0 radical (unpaired) electrons. The molecule has 3 aromatic rings. The summed E-state index contributed by atoms with van der Waals surface area (Å²) in [5.41, 5.74) is 2.94. The van der Waals surface area contributed by atoms with Crippen molar-refractivity contribution in [1.82, 2.24) is 4.72 Å². The van der Waals surface area contributed by atoms with Gasteiger partial charge in [0.25, 0.3) is 0 Å². The average Bonchev–Trinajstić information content (AvgIpc) is 2.65. The summed E-state index contributed by atoms with van der Waals surface area (Å²) in [6.45, 7) is 0.279. The number of hydrogen-bond donors (Lipinski definition) is 1. The van der Waals surface area contributed by atoms with Crippen LogP contribution in [0.5, 0.6) is 0 Å². The van der Waals surface area contributed by atoms with Crippen LogP contribution in [0.4, 0.5) is 0 Å². The maximum Gasteiger partial charge on any atom is 0.240 e. The molecule has 3 rings (SSSR count). The molecule has 26 heavy (non-hydrogen) atoms. The van der Waals surface area contributed by atoms with Gasteiger partial charge in [-0.05, 0) is 47.4 Å². The lowest BCUT2D eigenvalue weighted by Gasteiger charge is -2.08. The standard InChI is InChI=1S/C20H17Cl2NO2S/c21-19-11-6-15(14-20(19)22)12-13-23-26(24,25)18-9-7-17(8-10-18)16-4-2-1-3-5-16/h1-11,14,23H,12-13H2. The van der Waals surface area contributed by atoms with Crippen LogP contribution in [0.15, 0.2) is 77.7 Å². The highest BCUT2D eigenvalue weighted by atomic mass is 35.5. The number of rotatable bonds is 6. The highest BCUT2D eigenvalue weighted by Gasteiger charge is 2.13. The van der Waals surface area contributed by atoms with Crippen molar-refractivity contribution in [3.05, 3.63) is 88.4 Å². The van der Waals surface area contributed by atoms with Gasteiger partial charge in [-0.25, -0.2) is 13.1 Å². The summed E-state index contributed by atoms with van der Waals surface area (Å²) in [5.74, 6) is 0. The molecule has 3 aromatic carbocycles. The van der Waals surface area contributed by atoms with Crippen molar-refractivity contribution in [2.24, 2.45) is 0 Å². The molecule has 1 N–H and O–H groups in total. The summed E-state index contributed by atoms with van der Waals surface area (Å²) < 4.78 is 27.5. The van der Waals surface area contributed by atoms with Crippen LogP contribution >= 0.6 is 23.2 Å². The van der Waals surface area contributed by atoms with E-state index in [0.29, 0.717) is 16.5 Å². The molecule has 0 unspecified atom stereocenters. The Bertz CT molecular complexity index is 988. The first-order valence-corrected chi connectivity index (χ1v) is 10.3. The third kappa shape index (κ3) is 4.65. The highest BCUT2D eigenvalue weighted by Crippen LogP contribution is 2.23. The van der Waals surface area contributed by atoms with Gasteiger partial charge in [-0.15, -0.1) is 0 Å². The fourth-order valence-electron chi connectivity index (χ4n) is 2.57. The molecule has 0 bridgehead atoms. The molecule has 0 aromatic heterocycles. The van der Waals surface area contributed by atoms with Crippen LogP contribution in [-0.2, 0) is 16.4 Å². The van der Waals surface area contributed by atoms with Gasteiger partial charge in [-0.3, -0.25) is 0 Å². The van der Waals surface area contributed by atoms with Crippen molar-refractivity contribution < 1.29 is 8.42 Å². The van der Waals surface area contributed by atoms with Crippen molar-refractivity contribution in [2.45, 2.75) is 11.3 Å². The Hall–Kier alpha value is -1.85. The first-order chi connectivity index (χ1) is 12.5. The van der Waals surface area contributed by atoms with E-state index in [1.165, 1.54) is 0 Å². The maximum absolute atomic E-state index is 12.4. The predicted octanol–water partition coefficient (Wildman–Crippen LogP) is 5.18. The zero-order valence-electron chi connectivity index (χ0n) is 13.8. The minimum Gasteiger partial charge on any atom is -0.211 e. The minimum absolute atomic E-state index is 0.242. The van der Waals surface area contributed by atoms with Crippen LogP contribution in [0.1, 0.15) is 5.56 Å². The normalized spacial score (nSPS) is 11.5. The Kier molecular flexibility index (Phi) is 5.99. The fraction of sp³-hybridized carbons (Fsp3) is 0.100. The molecule has 0 aliphatic heterocycles. The third-order valence-electron chi connectivity index (χ3n) is 3.96. The van der Waals surface area contributed by atoms with Crippen LogP contribution in [0.3, 0.4) is 0 Å². The van der Waals surface area contributed by atoms with Crippen molar-refractivity contribution >= 4 is 33.2 Å². The molecule has 6 heteroatoms. The van der Waals surface area contributed by atoms with Gasteiger partial charge >= 0.3 is 0 Å². The number of benzene rings is 3. The van der Waals surface area contributed by atoms with Crippen LogP contribution < -0.4 is 4.72 Å². The van der Waals surface area contributed by atoms with E-state index in [0.717, 1.165) is 16.7 Å². The summed E-state index contributed by atoms with van der Waals surface area (Å²) in [6, 6.07) is 21.9. The SMILES string of the molecule is O=S(=O)(NCCc1ccc(Cl)c(Cl)c1)c1ccc(-c2ccccc2)cc1. The highest BCUT2D eigenvalue weighted by molar-refractivity contribution is 7.89. The molecule has 0 amide bonds. The monoisotopic (exact) mass is 405 g/mol. The second-order valence-electron chi connectivity index (χ2n) is 5.79.